The van der Waals surface area contributed by atoms with Crippen molar-refractivity contribution in [2.24, 2.45) is 0 Å². The predicted octanol–water partition coefficient (Wildman–Crippen LogP) is 5.14. The molecule has 0 aliphatic rings. The minimum Gasteiger partial charge on any atom is -0.324 e. The van der Waals surface area contributed by atoms with Gasteiger partial charge in [0.1, 0.15) is 6.54 Å². The summed E-state index contributed by atoms with van der Waals surface area (Å²) in [5.74, 6) is -0.511. The molecule has 150 valence electrons. The Kier molecular flexibility index (Phi) is 6.47. The van der Waals surface area contributed by atoms with E-state index in [1.165, 1.54) is 18.2 Å². The number of aryl methyl sites for hydroxylation is 1. The van der Waals surface area contributed by atoms with Crippen molar-refractivity contribution < 1.29 is 13.2 Å². The van der Waals surface area contributed by atoms with Gasteiger partial charge in [-0.15, -0.1) is 0 Å². The highest BCUT2D eigenvalue weighted by atomic mass is 35.5. The van der Waals surface area contributed by atoms with Gasteiger partial charge in [0.15, 0.2) is 0 Å². The van der Waals surface area contributed by atoms with Gasteiger partial charge in [0.2, 0.25) is 5.91 Å². The molecule has 0 fully saturated rings. The predicted molar refractivity (Wildman–Crippen MR) is 117 cm³/mol. The Morgan fingerprint density at radius 2 is 1.55 bits per heavy atom. The van der Waals surface area contributed by atoms with Gasteiger partial charge in [-0.05, 0) is 55.5 Å². The number of sulfonamides is 1. The van der Waals surface area contributed by atoms with Crippen LogP contribution in [0.2, 0.25) is 10.0 Å². The topological polar surface area (TPSA) is 66.5 Å². The number of hydrogen-bond acceptors (Lipinski definition) is 3. The maximum Gasteiger partial charge on any atom is 0.264 e. The monoisotopic (exact) mass is 448 g/mol. The molecule has 0 heterocycles. The maximum atomic E-state index is 13.3. The van der Waals surface area contributed by atoms with Crippen LogP contribution in [0.25, 0.3) is 0 Å². The summed E-state index contributed by atoms with van der Waals surface area (Å²) in [5.41, 5.74) is 1.69. The van der Waals surface area contributed by atoms with Crippen LogP contribution in [-0.4, -0.2) is 20.9 Å². The summed E-state index contributed by atoms with van der Waals surface area (Å²) < 4.78 is 27.6. The lowest BCUT2D eigenvalue weighted by Gasteiger charge is -2.24. The molecule has 0 atom stereocenters. The van der Waals surface area contributed by atoms with Gasteiger partial charge in [-0.2, -0.15) is 0 Å². The molecule has 3 aromatic rings. The van der Waals surface area contributed by atoms with Gasteiger partial charge in [0.25, 0.3) is 10.0 Å². The first kappa shape index (κ1) is 21.2. The molecular formula is C21H18Cl2N2O3S. The number of hydrogen-bond donors (Lipinski definition) is 1. The smallest absolute Gasteiger partial charge is 0.264 e. The molecule has 0 spiro atoms. The molecule has 3 aromatic carbocycles. The summed E-state index contributed by atoms with van der Waals surface area (Å²) in [6, 6.07) is 19.4. The fourth-order valence-electron chi connectivity index (χ4n) is 2.68. The number of nitrogens with one attached hydrogen (secondary N) is 1. The molecule has 0 radical (unpaired) electrons. The number of anilines is 2. The fourth-order valence-corrected chi connectivity index (χ4v) is 4.47. The molecule has 29 heavy (non-hydrogen) atoms. The molecule has 1 N–H and O–H groups in total. The van der Waals surface area contributed by atoms with E-state index < -0.39 is 22.5 Å². The van der Waals surface area contributed by atoms with E-state index >= 15 is 0 Å². The van der Waals surface area contributed by atoms with Crippen molar-refractivity contribution >= 4 is 50.5 Å². The maximum absolute atomic E-state index is 13.3. The Morgan fingerprint density at radius 1 is 0.931 bits per heavy atom. The molecule has 0 saturated heterocycles. The van der Waals surface area contributed by atoms with E-state index in [1.54, 1.807) is 54.6 Å². The number of carbonyl (C=O) groups is 1. The molecule has 8 heteroatoms. The number of carbonyl (C=O) groups excluding carboxylic acids is 1. The molecule has 0 unspecified atom stereocenters. The van der Waals surface area contributed by atoms with E-state index in [9.17, 15) is 13.2 Å². The van der Waals surface area contributed by atoms with Gasteiger partial charge in [0.05, 0.1) is 10.6 Å². The Bertz CT molecular complexity index is 1130. The number of halogens is 2. The highest BCUT2D eigenvalue weighted by molar-refractivity contribution is 7.92. The van der Waals surface area contributed by atoms with E-state index in [2.05, 4.69) is 5.32 Å². The Morgan fingerprint density at radius 3 is 2.17 bits per heavy atom. The molecule has 0 aliphatic carbocycles. The van der Waals surface area contributed by atoms with E-state index in [0.717, 1.165) is 9.87 Å². The molecule has 3 rings (SSSR count). The van der Waals surface area contributed by atoms with Crippen LogP contribution in [0.15, 0.2) is 77.7 Å². The van der Waals surface area contributed by atoms with Gasteiger partial charge in [0, 0.05) is 15.7 Å². The third kappa shape index (κ3) is 5.29. The largest absolute Gasteiger partial charge is 0.324 e. The highest BCUT2D eigenvalue weighted by Gasteiger charge is 2.27. The van der Waals surface area contributed by atoms with Gasteiger partial charge in [-0.1, -0.05) is 53.0 Å². The summed E-state index contributed by atoms with van der Waals surface area (Å²) in [6.07, 6.45) is 0. The third-order valence-corrected chi connectivity index (χ3v) is 6.36. The van der Waals surface area contributed by atoms with Crippen LogP contribution in [-0.2, 0) is 14.8 Å². The first-order chi connectivity index (χ1) is 13.8. The number of rotatable bonds is 6. The zero-order valence-electron chi connectivity index (χ0n) is 15.5. The Hall–Kier alpha value is -2.54. The van der Waals surface area contributed by atoms with Crippen LogP contribution >= 0.6 is 23.2 Å². The second-order valence-corrected chi connectivity index (χ2v) is 9.10. The molecule has 0 bridgehead atoms. The summed E-state index contributed by atoms with van der Waals surface area (Å²) >= 11 is 12.0. The van der Waals surface area contributed by atoms with Gasteiger partial charge in [-0.25, -0.2) is 8.42 Å². The van der Waals surface area contributed by atoms with Crippen LogP contribution in [0.1, 0.15) is 5.56 Å². The second kappa shape index (κ2) is 8.86. The minimum atomic E-state index is -4.00. The molecular weight excluding hydrogens is 431 g/mol. The zero-order valence-corrected chi connectivity index (χ0v) is 17.8. The summed E-state index contributed by atoms with van der Waals surface area (Å²) in [7, 11) is -4.00. The van der Waals surface area contributed by atoms with Crippen molar-refractivity contribution in [3.8, 4) is 0 Å². The van der Waals surface area contributed by atoms with Crippen molar-refractivity contribution in [1.29, 1.82) is 0 Å². The lowest BCUT2D eigenvalue weighted by atomic mass is 10.2. The average molecular weight is 449 g/mol. The lowest BCUT2D eigenvalue weighted by Crippen LogP contribution is -2.38. The van der Waals surface area contributed by atoms with Gasteiger partial charge < -0.3 is 5.32 Å². The van der Waals surface area contributed by atoms with Crippen molar-refractivity contribution in [2.75, 3.05) is 16.2 Å². The minimum absolute atomic E-state index is 0.0821. The van der Waals surface area contributed by atoms with Crippen LogP contribution < -0.4 is 9.62 Å². The summed E-state index contributed by atoms with van der Waals surface area (Å²) in [6.45, 7) is 1.44. The zero-order chi connectivity index (χ0) is 21.0. The molecule has 0 saturated carbocycles. The van der Waals surface area contributed by atoms with Crippen LogP contribution in [0.4, 0.5) is 11.4 Å². The van der Waals surface area contributed by atoms with E-state index in [1.807, 2.05) is 6.92 Å². The average Bonchev–Trinajstić information content (AvgIpc) is 2.66. The van der Waals surface area contributed by atoms with Crippen molar-refractivity contribution in [3.63, 3.8) is 0 Å². The first-order valence-corrected chi connectivity index (χ1v) is 10.9. The van der Waals surface area contributed by atoms with Crippen molar-refractivity contribution in [1.82, 2.24) is 0 Å². The summed E-state index contributed by atoms with van der Waals surface area (Å²) in [4.78, 5) is 12.7. The highest BCUT2D eigenvalue weighted by Crippen LogP contribution is 2.26. The van der Waals surface area contributed by atoms with Gasteiger partial charge in [-0.3, -0.25) is 9.10 Å². The third-order valence-electron chi connectivity index (χ3n) is 4.10. The normalized spacial score (nSPS) is 11.1. The fraction of sp³-hybridized carbons (Fsp3) is 0.0952. The number of benzene rings is 3. The van der Waals surface area contributed by atoms with Crippen LogP contribution in [0, 0.1) is 6.92 Å². The van der Waals surface area contributed by atoms with Crippen molar-refractivity contribution in [2.45, 2.75) is 11.8 Å². The second-order valence-electron chi connectivity index (χ2n) is 6.36. The Balaban J connectivity index is 1.95. The SMILES string of the molecule is Cc1ccc(S(=O)(=O)N(CC(=O)Nc2cccc(Cl)c2)c2cccc(Cl)c2)cc1. The number of nitrogens with zero attached hydrogens (tertiary/aromatic N) is 1. The van der Waals surface area contributed by atoms with Crippen molar-refractivity contribution in [3.05, 3.63) is 88.4 Å². The van der Waals surface area contributed by atoms with E-state index in [4.69, 9.17) is 23.2 Å². The first-order valence-electron chi connectivity index (χ1n) is 8.66. The van der Waals surface area contributed by atoms with Gasteiger partial charge >= 0.3 is 0 Å². The lowest BCUT2D eigenvalue weighted by molar-refractivity contribution is -0.114. The van der Waals surface area contributed by atoms with Crippen LogP contribution in [0.3, 0.4) is 0 Å². The quantitative estimate of drug-likeness (QED) is 0.567. The number of amides is 1. The molecule has 5 nitrogen and oxygen atoms in total. The molecule has 0 aliphatic heterocycles. The molecule has 1 amide bonds. The van der Waals surface area contributed by atoms with Crippen LogP contribution in [0.5, 0.6) is 0 Å². The summed E-state index contributed by atoms with van der Waals surface area (Å²) in [5, 5.41) is 3.49. The van der Waals surface area contributed by atoms with E-state index in [-0.39, 0.29) is 4.90 Å². The Labute approximate surface area is 179 Å². The standard InChI is InChI=1S/C21H18Cl2N2O3S/c1-15-8-10-20(11-9-15)29(27,28)25(19-7-3-5-17(23)13-19)14-21(26)24-18-6-2-4-16(22)12-18/h2-13H,14H2,1H3,(H,24,26). The molecule has 0 aromatic heterocycles. The van der Waals surface area contributed by atoms with E-state index in [0.29, 0.717) is 21.4 Å².